The number of methoxy groups -OCH3 is 1. The average Bonchev–Trinajstić information content (AvgIpc) is 2.61. The van der Waals surface area contributed by atoms with Gasteiger partial charge in [0.05, 0.1) is 19.8 Å². The van der Waals surface area contributed by atoms with Crippen molar-refractivity contribution in [2.45, 2.75) is 62.1 Å². The molecule has 0 aliphatic carbocycles. The summed E-state index contributed by atoms with van der Waals surface area (Å²) in [4.78, 5) is 34.9. The lowest BCUT2D eigenvalue weighted by molar-refractivity contribution is -0.312. The van der Waals surface area contributed by atoms with E-state index in [4.69, 9.17) is 15.6 Å². The second-order valence-electron chi connectivity index (χ2n) is 6.46. The fourth-order valence-electron chi connectivity index (χ4n) is 2.68. The predicted octanol–water partition coefficient (Wildman–Crippen LogP) is -4.15. The summed E-state index contributed by atoms with van der Waals surface area (Å²) in [7, 11) is 0.942. The summed E-state index contributed by atoms with van der Waals surface area (Å²) in [6.07, 6.45) is -8.82. The SMILES string of the molecule is COC(=O)C1(O)C[C@H](O)[C@](N)(NC(=O)CCC(C)=O)[C@H]([C@H](O)[C@H](O)CO)O1. The van der Waals surface area contributed by atoms with Gasteiger partial charge < -0.3 is 50.9 Å². The number of esters is 1. The Morgan fingerprint density at radius 3 is 2.41 bits per heavy atom. The average molecular weight is 394 g/mol. The normalized spacial score (nSPS) is 33.0. The van der Waals surface area contributed by atoms with Gasteiger partial charge >= 0.3 is 5.97 Å². The Bertz CT molecular complexity index is 573. The molecule has 27 heavy (non-hydrogen) atoms. The summed E-state index contributed by atoms with van der Waals surface area (Å²) in [5.41, 5.74) is 3.74. The van der Waals surface area contributed by atoms with Crippen LogP contribution >= 0.6 is 0 Å². The zero-order valence-electron chi connectivity index (χ0n) is 15.0. The Hall–Kier alpha value is -1.67. The van der Waals surface area contributed by atoms with E-state index >= 15 is 0 Å². The van der Waals surface area contributed by atoms with E-state index in [0.29, 0.717) is 0 Å². The summed E-state index contributed by atoms with van der Waals surface area (Å²) in [6, 6.07) is 0. The largest absolute Gasteiger partial charge is 0.465 e. The molecule has 156 valence electrons. The number of rotatable bonds is 8. The molecule has 0 radical (unpaired) electrons. The van der Waals surface area contributed by atoms with Crippen LogP contribution in [-0.4, -0.2) is 92.8 Å². The number of ketones is 1. The van der Waals surface area contributed by atoms with Gasteiger partial charge in [0.25, 0.3) is 5.79 Å². The second kappa shape index (κ2) is 9.01. The molecule has 0 aromatic heterocycles. The molecule has 1 saturated heterocycles. The summed E-state index contributed by atoms with van der Waals surface area (Å²) >= 11 is 0. The molecule has 1 aliphatic rings. The van der Waals surface area contributed by atoms with Gasteiger partial charge in [-0.25, -0.2) is 4.79 Å². The van der Waals surface area contributed by atoms with E-state index < -0.39 is 60.8 Å². The number of ether oxygens (including phenoxy) is 2. The van der Waals surface area contributed by atoms with Crippen molar-refractivity contribution in [3.8, 4) is 0 Å². The van der Waals surface area contributed by atoms with Crippen LogP contribution in [0.4, 0.5) is 0 Å². The van der Waals surface area contributed by atoms with E-state index in [1.165, 1.54) is 6.92 Å². The maximum Gasteiger partial charge on any atom is 0.366 e. The molecule has 0 aromatic rings. The molecule has 0 saturated carbocycles. The number of carbonyl (C=O) groups is 3. The van der Waals surface area contributed by atoms with Crippen molar-refractivity contribution in [1.29, 1.82) is 0 Å². The predicted molar refractivity (Wildman–Crippen MR) is 86.5 cm³/mol. The van der Waals surface area contributed by atoms with Crippen molar-refractivity contribution in [1.82, 2.24) is 5.32 Å². The number of Topliss-reactive ketones (excluding diaryl/α,β-unsaturated/α-hetero) is 1. The Balaban J connectivity index is 3.19. The zero-order valence-corrected chi connectivity index (χ0v) is 15.0. The zero-order chi connectivity index (χ0) is 21.0. The minimum absolute atomic E-state index is 0.114. The Morgan fingerprint density at radius 2 is 1.93 bits per heavy atom. The van der Waals surface area contributed by atoms with Gasteiger partial charge in [-0.05, 0) is 6.92 Å². The van der Waals surface area contributed by atoms with Crippen LogP contribution < -0.4 is 11.1 Å². The third-order valence-corrected chi connectivity index (χ3v) is 4.27. The van der Waals surface area contributed by atoms with Crippen LogP contribution in [0.3, 0.4) is 0 Å². The Labute approximate surface area is 154 Å². The molecular formula is C15H26N2O10. The fourth-order valence-corrected chi connectivity index (χ4v) is 2.68. The van der Waals surface area contributed by atoms with Crippen LogP contribution in [0, 0.1) is 0 Å². The third-order valence-electron chi connectivity index (χ3n) is 4.27. The molecule has 6 atom stereocenters. The summed E-state index contributed by atoms with van der Waals surface area (Å²) in [5.74, 6) is -5.08. The van der Waals surface area contributed by atoms with Crippen molar-refractivity contribution >= 4 is 17.7 Å². The molecule has 1 unspecified atom stereocenters. The van der Waals surface area contributed by atoms with Gasteiger partial charge in [-0.1, -0.05) is 0 Å². The quantitative estimate of drug-likeness (QED) is 0.155. The maximum absolute atomic E-state index is 12.1. The lowest BCUT2D eigenvalue weighted by Gasteiger charge is -2.50. The molecule has 1 heterocycles. The fraction of sp³-hybridized carbons (Fsp3) is 0.800. The first kappa shape index (κ1) is 23.4. The monoisotopic (exact) mass is 394 g/mol. The minimum Gasteiger partial charge on any atom is -0.465 e. The molecule has 8 N–H and O–H groups in total. The first-order valence-electron chi connectivity index (χ1n) is 8.14. The lowest BCUT2D eigenvalue weighted by Crippen LogP contribution is -2.79. The molecule has 0 bridgehead atoms. The van der Waals surface area contributed by atoms with Gasteiger partial charge in [-0.2, -0.15) is 0 Å². The van der Waals surface area contributed by atoms with E-state index in [1.54, 1.807) is 0 Å². The highest BCUT2D eigenvalue weighted by Crippen LogP contribution is 2.35. The smallest absolute Gasteiger partial charge is 0.366 e. The molecule has 0 spiro atoms. The van der Waals surface area contributed by atoms with E-state index in [9.17, 15) is 34.8 Å². The van der Waals surface area contributed by atoms with E-state index in [0.717, 1.165) is 7.11 Å². The summed E-state index contributed by atoms with van der Waals surface area (Å²) < 4.78 is 9.50. The highest BCUT2D eigenvalue weighted by atomic mass is 16.7. The van der Waals surface area contributed by atoms with Crippen molar-refractivity contribution in [2.75, 3.05) is 13.7 Å². The summed E-state index contributed by atoms with van der Waals surface area (Å²) in [6.45, 7) is 0.326. The van der Waals surface area contributed by atoms with Crippen LogP contribution in [0.25, 0.3) is 0 Å². The van der Waals surface area contributed by atoms with Crippen LogP contribution in [0.1, 0.15) is 26.2 Å². The molecule has 1 amide bonds. The first-order valence-corrected chi connectivity index (χ1v) is 8.14. The highest BCUT2D eigenvalue weighted by Gasteiger charge is 2.60. The van der Waals surface area contributed by atoms with Gasteiger partial charge in [0.2, 0.25) is 5.91 Å². The second-order valence-corrected chi connectivity index (χ2v) is 6.46. The van der Waals surface area contributed by atoms with Crippen LogP contribution in [0.5, 0.6) is 0 Å². The molecule has 0 aromatic carbocycles. The molecule has 1 aliphatic heterocycles. The van der Waals surface area contributed by atoms with E-state index in [1.807, 2.05) is 0 Å². The molecule has 12 nitrogen and oxygen atoms in total. The topological polar surface area (TPSA) is 209 Å². The van der Waals surface area contributed by atoms with Gasteiger partial charge in [-0.15, -0.1) is 0 Å². The third kappa shape index (κ3) is 5.19. The van der Waals surface area contributed by atoms with Crippen molar-refractivity contribution in [3.63, 3.8) is 0 Å². The molecular weight excluding hydrogens is 368 g/mol. The van der Waals surface area contributed by atoms with Crippen molar-refractivity contribution in [2.24, 2.45) is 5.73 Å². The van der Waals surface area contributed by atoms with Gasteiger partial charge in [-0.3, -0.25) is 4.79 Å². The van der Waals surface area contributed by atoms with Crippen LogP contribution in [0.15, 0.2) is 0 Å². The Morgan fingerprint density at radius 1 is 1.33 bits per heavy atom. The number of nitrogens with two attached hydrogens (primary N) is 1. The number of hydrogen-bond acceptors (Lipinski definition) is 11. The van der Waals surface area contributed by atoms with Crippen LogP contribution in [-0.2, 0) is 23.9 Å². The molecule has 1 rings (SSSR count). The summed E-state index contributed by atoms with van der Waals surface area (Å²) in [5, 5.41) is 51.9. The van der Waals surface area contributed by atoms with Gasteiger partial charge in [0, 0.05) is 19.3 Å². The van der Waals surface area contributed by atoms with Crippen molar-refractivity contribution in [3.05, 3.63) is 0 Å². The number of aliphatic hydroxyl groups excluding tert-OH is 4. The van der Waals surface area contributed by atoms with Gasteiger partial charge in [0.15, 0.2) is 0 Å². The van der Waals surface area contributed by atoms with Crippen molar-refractivity contribution < 1.29 is 49.4 Å². The molecule has 1 fully saturated rings. The highest BCUT2D eigenvalue weighted by molar-refractivity contribution is 5.84. The first-order chi connectivity index (χ1) is 12.4. The lowest BCUT2D eigenvalue weighted by atomic mass is 9.83. The molecule has 12 heteroatoms. The maximum atomic E-state index is 12.1. The number of nitrogens with one attached hydrogen (secondary N) is 1. The standard InChI is InChI=1S/C15H26N2O10/c1-7(19)3-4-10(22)17-15(16)9(21)5-14(25,13(24)26-2)27-12(15)11(23)8(20)6-18/h8-9,11-12,18,20-21,23,25H,3-6,16H2,1-2H3,(H,17,22)/t8-,9+,11-,12+,14?,15+/m1/s1. The number of hydrogen-bond donors (Lipinski definition) is 7. The Kier molecular flexibility index (Phi) is 7.80. The minimum atomic E-state index is -2.72. The number of aliphatic hydroxyl groups is 5. The van der Waals surface area contributed by atoms with Gasteiger partial charge in [0.1, 0.15) is 29.8 Å². The number of amides is 1. The number of carbonyl (C=O) groups excluding carboxylic acids is 3. The van der Waals surface area contributed by atoms with E-state index in [2.05, 4.69) is 10.1 Å². The van der Waals surface area contributed by atoms with Crippen LogP contribution in [0.2, 0.25) is 0 Å². The van der Waals surface area contributed by atoms with E-state index in [-0.39, 0.29) is 18.6 Å².